The summed E-state index contributed by atoms with van der Waals surface area (Å²) in [6.07, 6.45) is 1.11. The van der Waals surface area contributed by atoms with E-state index in [4.69, 9.17) is 0 Å². The number of aryl methyl sites for hydroxylation is 2. The van der Waals surface area contributed by atoms with Gasteiger partial charge in [0.1, 0.15) is 5.69 Å². The molecule has 0 unspecified atom stereocenters. The van der Waals surface area contributed by atoms with Crippen LogP contribution in [0.5, 0.6) is 0 Å². The molecule has 1 aromatic heterocycles. The van der Waals surface area contributed by atoms with Gasteiger partial charge in [0.2, 0.25) is 5.91 Å². The smallest absolute Gasteiger partial charge is 0.313 e. The van der Waals surface area contributed by atoms with Gasteiger partial charge in [-0.1, -0.05) is 19.1 Å². The standard InChI is InChI=1S/C24H26F2N4O3/c1-13-3-7-19(16-4-6-18-15(10-16)5-8-20(31)29-18)30(12-13)24(33)23(32)28-17-9-14(2)21(22(25)26)27-11-17/h4,6,9-11,13,19,22H,3,5,7-8,12H2,1-2H3,(H,28,32)(H,29,31)/t13-,19+/m1/s1. The van der Waals surface area contributed by atoms with E-state index in [0.717, 1.165) is 35.9 Å². The third-order valence-corrected chi connectivity index (χ3v) is 6.27. The van der Waals surface area contributed by atoms with E-state index in [0.29, 0.717) is 19.4 Å². The lowest BCUT2D eigenvalue weighted by Crippen LogP contribution is -2.46. The van der Waals surface area contributed by atoms with Crippen molar-refractivity contribution in [3.8, 4) is 0 Å². The van der Waals surface area contributed by atoms with Gasteiger partial charge in [-0.2, -0.15) is 0 Å². The van der Waals surface area contributed by atoms with Crippen LogP contribution in [0.15, 0.2) is 30.5 Å². The minimum Gasteiger partial charge on any atom is -0.327 e. The molecule has 2 N–H and O–H groups in total. The predicted molar refractivity (Wildman–Crippen MR) is 119 cm³/mol. The lowest BCUT2D eigenvalue weighted by molar-refractivity contribution is -0.146. The van der Waals surface area contributed by atoms with Crippen LogP contribution in [0.4, 0.5) is 20.2 Å². The summed E-state index contributed by atoms with van der Waals surface area (Å²) in [5, 5.41) is 5.36. The Hall–Kier alpha value is -3.36. The molecule has 2 aliphatic rings. The van der Waals surface area contributed by atoms with E-state index in [-0.39, 0.29) is 34.8 Å². The maximum absolute atomic E-state index is 13.1. The molecular weight excluding hydrogens is 430 g/mol. The monoisotopic (exact) mass is 456 g/mol. The second-order valence-corrected chi connectivity index (χ2v) is 8.80. The number of hydrogen-bond acceptors (Lipinski definition) is 4. The number of carbonyl (C=O) groups excluding carboxylic acids is 3. The number of nitrogens with zero attached hydrogens (tertiary/aromatic N) is 2. The van der Waals surface area contributed by atoms with Crippen molar-refractivity contribution in [2.24, 2.45) is 5.92 Å². The van der Waals surface area contributed by atoms with E-state index in [1.807, 2.05) is 25.1 Å². The fraction of sp³-hybridized carbons (Fsp3) is 0.417. The number of benzene rings is 1. The zero-order valence-electron chi connectivity index (χ0n) is 18.5. The number of rotatable bonds is 3. The molecule has 7 nitrogen and oxygen atoms in total. The first kappa shape index (κ1) is 22.8. The molecule has 0 radical (unpaired) electrons. The minimum absolute atomic E-state index is 0.0125. The van der Waals surface area contributed by atoms with E-state index < -0.39 is 18.2 Å². The van der Waals surface area contributed by atoms with Gasteiger partial charge in [0.15, 0.2) is 0 Å². The van der Waals surface area contributed by atoms with Crippen LogP contribution in [0.1, 0.15) is 61.0 Å². The number of nitrogens with one attached hydrogen (secondary N) is 2. The average molecular weight is 456 g/mol. The van der Waals surface area contributed by atoms with Gasteiger partial charge in [-0.25, -0.2) is 8.78 Å². The highest BCUT2D eigenvalue weighted by Gasteiger charge is 2.34. The third kappa shape index (κ3) is 4.86. The Balaban J connectivity index is 1.53. The number of hydrogen-bond donors (Lipinski definition) is 2. The Bertz CT molecular complexity index is 1110. The maximum atomic E-state index is 13.1. The quantitative estimate of drug-likeness (QED) is 0.679. The van der Waals surface area contributed by atoms with Crippen LogP contribution in [-0.4, -0.2) is 34.2 Å². The molecule has 2 aromatic rings. The highest BCUT2D eigenvalue weighted by atomic mass is 19.3. The molecule has 4 rings (SSSR count). The number of carbonyl (C=O) groups is 3. The maximum Gasteiger partial charge on any atom is 0.313 e. The van der Waals surface area contributed by atoms with Gasteiger partial charge in [0, 0.05) is 18.7 Å². The van der Waals surface area contributed by atoms with Crippen LogP contribution in [-0.2, 0) is 20.8 Å². The normalized spacial score (nSPS) is 20.3. The van der Waals surface area contributed by atoms with Crippen LogP contribution in [0.2, 0.25) is 0 Å². The highest BCUT2D eigenvalue weighted by Crippen LogP contribution is 2.36. The molecule has 9 heteroatoms. The second-order valence-electron chi connectivity index (χ2n) is 8.80. The van der Waals surface area contributed by atoms with Crippen molar-refractivity contribution < 1.29 is 23.2 Å². The molecule has 3 amide bonds. The van der Waals surface area contributed by atoms with Gasteiger partial charge in [0.25, 0.3) is 6.43 Å². The number of fused-ring (bicyclic) bond motifs is 1. The Morgan fingerprint density at radius 1 is 1.21 bits per heavy atom. The van der Waals surface area contributed by atoms with Crippen molar-refractivity contribution in [2.45, 2.75) is 52.0 Å². The Labute approximate surface area is 190 Å². The fourth-order valence-corrected chi connectivity index (χ4v) is 4.53. The number of pyridine rings is 1. The molecule has 0 spiro atoms. The lowest BCUT2D eigenvalue weighted by Gasteiger charge is -2.39. The number of piperidine rings is 1. The van der Waals surface area contributed by atoms with E-state index in [1.165, 1.54) is 13.0 Å². The number of halogens is 2. The summed E-state index contributed by atoms with van der Waals surface area (Å²) in [6, 6.07) is 6.86. The third-order valence-electron chi connectivity index (χ3n) is 6.27. The van der Waals surface area contributed by atoms with Crippen molar-refractivity contribution in [3.63, 3.8) is 0 Å². The van der Waals surface area contributed by atoms with Gasteiger partial charge < -0.3 is 15.5 Å². The molecular formula is C24H26F2N4O3. The van der Waals surface area contributed by atoms with Gasteiger partial charge in [-0.15, -0.1) is 0 Å². The summed E-state index contributed by atoms with van der Waals surface area (Å²) < 4.78 is 25.9. The molecule has 1 fully saturated rings. The SMILES string of the molecule is Cc1cc(NC(=O)C(=O)N2C[C@H](C)CC[C@H]2c2ccc3c(c2)CCC(=O)N3)cnc1C(F)F. The van der Waals surface area contributed by atoms with Crippen LogP contribution < -0.4 is 10.6 Å². The van der Waals surface area contributed by atoms with Crippen molar-refractivity contribution in [1.82, 2.24) is 9.88 Å². The number of aromatic nitrogens is 1. The van der Waals surface area contributed by atoms with Crippen LogP contribution >= 0.6 is 0 Å². The second kappa shape index (κ2) is 9.25. The molecule has 2 atom stereocenters. The van der Waals surface area contributed by atoms with E-state index in [9.17, 15) is 23.2 Å². The summed E-state index contributed by atoms with van der Waals surface area (Å²) in [7, 11) is 0. The Kier molecular flexibility index (Phi) is 6.40. The summed E-state index contributed by atoms with van der Waals surface area (Å²) in [5.41, 5.74) is 2.81. The fourth-order valence-electron chi connectivity index (χ4n) is 4.53. The summed E-state index contributed by atoms with van der Waals surface area (Å²) >= 11 is 0. The molecule has 3 heterocycles. The van der Waals surface area contributed by atoms with E-state index in [2.05, 4.69) is 15.6 Å². The first-order chi connectivity index (χ1) is 15.7. The van der Waals surface area contributed by atoms with E-state index >= 15 is 0 Å². The van der Waals surface area contributed by atoms with Crippen molar-refractivity contribution in [2.75, 3.05) is 17.2 Å². The number of likely N-dealkylation sites (tertiary alicyclic amines) is 1. The molecule has 1 saturated heterocycles. The van der Waals surface area contributed by atoms with Gasteiger partial charge in [0.05, 0.1) is 17.9 Å². The van der Waals surface area contributed by atoms with Gasteiger partial charge in [-0.05, 0) is 60.9 Å². The summed E-state index contributed by atoms with van der Waals surface area (Å²) in [5.74, 6) is -1.27. The number of anilines is 2. The van der Waals surface area contributed by atoms with Gasteiger partial charge in [-0.3, -0.25) is 19.4 Å². The Morgan fingerprint density at radius 2 is 2.00 bits per heavy atom. The summed E-state index contributed by atoms with van der Waals surface area (Å²) in [4.78, 5) is 42.8. The molecule has 2 aliphatic heterocycles. The largest absolute Gasteiger partial charge is 0.327 e. The van der Waals surface area contributed by atoms with Crippen molar-refractivity contribution in [3.05, 3.63) is 52.8 Å². The first-order valence-corrected chi connectivity index (χ1v) is 11.0. The first-order valence-electron chi connectivity index (χ1n) is 11.0. The molecule has 0 bridgehead atoms. The molecule has 0 saturated carbocycles. The van der Waals surface area contributed by atoms with Crippen LogP contribution in [0.3, 0.4) is 0 Å². The molecule has 33 heavy (non-hydrogen) atoms. The lowest BCUT2D eigenvalue weighted by atomic mass is 9.88. The van der Waals surface area contributed by atoms with E-state index in [1.54, 1.807) is 4.90 Å². The number of amides is 3. The topological polar surface area (TPSA) is 91.4 Å². The highest BCUT2D eigenvalue weighted by molar-refractivity contribution is 6.39. The Morgan fingerprint density at radius 3 is 2.73 bits per heavy atom. The minimum atomic E-state index is -2.71. The molecule has 0 aliphatic carbocycles. The molecule has 174 valence electrons. The van der Waals surface area contributed by atoms with Crippen molar-refractivity contribution in [1.29, 1.82) is 0 Å². The average Bonchev–Trinajstić information content (AvgIpc) is 2.78. The zero-order valence-corrected chi connectivity index (χ0v) is 18.5. The summed E-state index contributed by atoms with van der Waals surface area (Å²) in [6.45, 7) is 3.95. The van der Waals surface area contributed by atoms with Gasteiger partial charge >= 0.3 is 11.8 Å². The van der Waals surface area contributed by atoms with Crippen LogP contribution in [0.25, 0.3) is 0 Å². The number of alkyl halides is 2. The van der Waals surface area contributed by atoms with Crippen LogP contribution in [0, 0.1) is 12.8 Å². The predicted octanol–water partition coefficient (Wildman–Crippen LogP) is 4.15. The molecule has 1 aromatic carbocycles. The zero-order chi connectivity index (χ0) is 23.7. The van der Waals surface area contributed by atoms with Crippen molar-refractivity contribution >= 4 is 29.1 Å².